The molecule has 0 spiro atoms. The van der Waals surface area contributed by atoms with E-state index in [1.165, 1.54) is 4.52 Å². The molecule has 0 saturated carbocycles. The summed E-state index contributed by atoms with van der Waals surface area (Å²) < 4.78 is 39.5. The molecule has 0 aliphatic carbocycles. The van der Waals surface area contributed by atoms with Crippen LogP contribution in [0.4, 0.5) is 13.2 Å². The first-order chi connectivity index (χ1) is 9.45. The van der Waals surface area contributed by atoms with Gasteiger partial charge in [0, 0.05) is 12.1 Å². The van der Waals surface area contributed by atoms with E-state index in [9.17, 15) is 13.2 Å². The summed E-state index contributed by atoms with van der Waals surface area (Å²) in [5, 5.41) is 2.94. The van der Waals surface area contributed by atoms with E-state index in [1.54, 1.807) is 6.07 Å². The monoisotopic (exact) mass is 295 g/mol. The molecule has 0 bridgehead atoms. The fraction of sp³-hybridized carbons (Fsp3) is 0.0769. The van der Waals surface area contributed by atoms with Gasteiger partial charge in [-0.15, -0.1) is 0 Å². The molecule has 0 aliphatic rings. The van der Waals surface area contributed by atoms with Crippen LogP contribution in [0.25, 0.3) is 16.9 Å². The second-order valence-electron chi connectivity index (χ2n) is 4.21. The molecular weight excluding hydrogens is 287 g/mol. The van der Waals surface area contributed by atoms with Gasteiger partial charge in [0.05, 0.1) is 5.69 Å². The predicted molar refractivity (Wildman–Crippen MR) is 70.8 cm³/mol. The molecule has 0 fully saturated rings. The highest BCUT2D eigenvalue weighted by atomic mass is 32.1. The first-order valence-corrected chi connectivity index (χ1v) is 6.11. The Bertz CT molecular complexity index is 818. The van der Waals surface area contributed by atoms with Crippen LogP contribution in [0.1, 0.15) is 5.69 Å². The standard InChI is InChI=1S/C13H8F3N3S/c14-13(15,16)10-7-12(20)19-11(17-10)6-9(18-19)8-4-2-1-3-5-8/h1-7,18H. The summed E-state index contributed by atoms with van der Waals surface area (Å²) in [7, 11) is 0. The minimum Gasteiger partial charge on any atom is -0.291 e. The van der Waals surface area contributed by atoms with Crippen molar-refractivity contribution in [2.24, 2.45) is 0 Å². The Hall–Kier alpha value is -2.15. The third kappa shape index (κ3) is 2.20. The summed E-state index contributed by atoms with van der Waals surface area (Å²) in [5.41, 5.74) is 0.661. The van der Waals surface area contributed by atoms with Gasteiger partial charge in [-0.3, -0.25) is 5.10 Å². The van der Waals surface area contributed by atoms with Crippen molar-refractivity contribution in [2.45, 2.75) is 6.18 Å². The molecule has 2 aromatic heterocycles. The fourth-order valence-electron chi connectivity index (χ4n) is 1.90. The van der Waals surface area contributed by atoms with E-state index in [-0.39, 0.29) is 10.3 Å². The number of rotatable bonds is 1. The molecule has 3 rings (SSSR count). The number of fused-ring (bicyclic) bond motifs is 1. The summed E-state index contributed by atoms with van der Waals surface area (Å²) in [6, 6.07) is 11.6. The van der Waals surface area contributed by atoms with Gasteiger partial charge in [-0.05, 0) is 5.56 Å². The van der Waals surface area contributed by atoms with E-state index in [4.69, 9.17) is 12.2 Å². The summed E-state index contributed by atoms with van der Waals surface area (Å²) in [4.78, 5) is 3.59. The molecule has 2 heterocycles. The average Bonchev–Trinajstić information content (AvgIpc) is 2.83. The first-order valence-electron chi connectivity index (χ1n) is 5.70. The topological polar surface area (TPSA) is 33.1 Å². The maximum Gasteiger partial charge on any atom is 0.433 e. The van der Waals surface area contributed by atoms with Gasteiger partial charge in [0.2, 0.25) is 0 Å². The van der Waals surface area contributed by atoms with Crippen LogP contribution in [0.2, 0.25) is 0 Å². The highest BCUT2D eigenvalue weighted by Crippen LogP contribution is 2.28. The smallest absolute Gasteiger partial charge is 0.291 e. The molecule has 20 heavy (non-hydrogen) atoms. The van der Waals surface area contributed by atoms with Crippen molar-refractivity contribution >= 4 is 17.9 Å². The Kier molecular flexibility index (Phi) is 2.86. The average molecular weight is 295 g/mol. The van der Waals surface area contributed by atoms with Crippen LogP contribution in [0.15, 0.2) is 42.5 Å². The Morgan fingerprint density at radius 2 is 1.80 bits per heavy atom. The van der Waals surface area contributed by atoms with Crippen molar-refractivity contribution in [1.29, 1.82) is 0 Å². The number of halogens is 3. The third-order valence-corrected chi connectivity index (χ3v) is 3.13. The van der Waals surface area contributed by atoms with Crippen LogP contribution < -0.4 is 0 Å². The summed E-state index contributed by atoms with van der Waals surface area (Å²) in [6.07, 6.45) is -4.51. The number of aromatic amines is 1. The lowest BCUT2D eigenvalue weighted by atomic mass is 10.2. The van der Waals surface area contributed by atoms with Gasteiger partial charge >= 0.3 is 6.18 Å². The Morgan fingerprint density at radius 1 is 1.10 bits per heavy atom. The number of aromatic nitrogens is 3. The molecule has 1 aromatic carbocycles. The highest BCUT2D eigenvalue weighted by molar-refractivity contribution is 7.71. The van der Waals surface area contributed by atoms with Crippen molar-refractivity contribution in [3.05, 3.63) is 52.8 Å². The van der Waals surface area contributed by atoms with Gasteiger partial charge in [-0.25, -0.2) is 9.50 Å². The molecule has 0 unspecified atom stereocenters. The van der Waals surface area contributed by atoms with Gasteiger partial charge in [0.1, 0.15) is 10.3 Å². The van der Waals surface area contributed by atoms with Crippen molar-refractivity contribution in [2.75, 3.05) is 0 Å². The molecule has 0 saturated heterocycles. The lowest BCUT2D eigenvalue weighted by molar-refractivity contribution is -0.141. The molecule has 0 atom stereocenters. The lowest BCUT2D eigenvalue weighted by Crippen LogP contribution is -2.09. The van der Waals surface area contributed by atoms with Crippen LogP contribution in [0, 0.1) is 4.64 Å². The third-order valence-electron chi connectivity index (χ3n) is 2.83. The van der Waals surface area contributed by atoms with E-state index in [0.29, 0.717) is 5.69 Å². The largest absolute Gasteiger partial charge is 0.433 e. The van der Waals surface area contributed by atoms with Crippen molar-refractivity contribution in [1.82, 2.24) is 14.6 Å². The molecule has 0 amide bonds. The van der Waals surface area contributed by atoms with Gasteiger partial charge in [0.25, 0.3) is 0 Å². The number of nitrogens with one attached hydrogen (secondary N) is 1. The van der Waals surface area contributed by atoms with Gasteiger partial charge < -0.3 is 0 Å². The first kappa shape index (κ1) is 12.9. The zero-order valence-corrected chi connectivity index (χ0v) is 10.8. The van der Waals surface area contributed by atoms with E-state index >= 15 is 0 Å². The van der Waals surface area contributed by atoms with Crippen LogP contribution >= 0.6 is 12.2 Å². The Morgan fingerprint density at radius 3 is 2.45 bits per heavy atom. The van der Waals surface area contributed by atoms with Crippen LogP contribution in [0.3, 0.4) is 0 Å². The van der Waals surface area contributed by atoms with Crippen LogP contribution in [-0.2, 0) is 6.18 Å². The highest BCUT2D eigenvalue weighted by Gasteiger charge is 2.33. The lowest BCUT2D eigenvalue weighted by Gasteiger charge is -2.05. The van der Waals surface area contributed by atoms with Gasteiger partial charge in [0.15, 0.2) is 5.65 Å². The minimum atomic E-state index is -4.51. The normalized spacial score (nSPS) is 11.9. The minimum absolute atomic E-state index is 0.0320. The van der Waals surface area contributed by atoms with E-state index < -0.39 is 11.9 Å². The number of benzene rings is 1. The van der Waals surface area contributed by atoms with Gasteiger partial charge in [-0.1, -0.05) is 42.5 Å². The van der Waals surface area contributed by atoms with E-state index in [1.807, 2.05) is 30.3 Å². The molecule has 0 radical (unpaired) electrons. The summed E-state index contributed by atoms with van der Waals surface area (Å²) in [5.74, 6) is 0. The number of nitrogens with zero attached hydrogens (tertiary/aromatic N) is 2. The van der Waals surface area contributed by atoms with Crippen LogP contribution in [-0.4, -0.2) is 14.6 Å². The number of hydrogen-bond acceptors (Lipinski definition) is 2. The fourth-order valence-corrected chi connectivity index (χ4v) is 2.15. The zero-order valence-electron chi connectivity index (χ0n) is 9.98. The maximum atomic E-state index is 12.7. The van der Waals surface area contributed by atoms with Crippen molar-refractivity contribution in [3.63, 3.8) is 0 Å². The predicted octanol–water partition coefficient (Wildman–Crippen LogP) is 4.08. The number of alkyl halides is 3. The SMILES string of the molecule is FC(F)(F)c1cc(=S)n2[nH]c(-c3ccccc3)cc2n1. The number of H-pyrrole nitrogens is 1. The number of hydrogen-bond donors (Lipinski definition) is 1. The van der Waals surface area contributed by atoms with E-state index in [2.05, 4.69) is 10.1 Å². The quantitative estimate of drug-likeness (QED) is 0.686. The molecular formula is C13H8F3N3S. The second-order valence-corrected chi connectivity index (χ2v) is 4.63. The Balaban J connectivity index is 2.22. The van der Waals surface area contributed by atoms with E-state index in [0.717, 1.165) is 11.6 Å². The summed E-state index contributed by atoms with van der Waals surface area (Å²) >= 11 is 4.97. The maximum absolute atomic E-state index is 12.7. The molecule has 3 aromatic rings. The molecule has 7 heteroatoms. The summed E-state index contributed by atoms with van der Waals surface area (Å²) in [6.45, 7) is 0. The molecule has 1 N–H and O–H groups in total. The zero-order chi connectivity index (χ0) is 14.3. The molecule has 3 nitrogen and oxygen atoms in total. The molecule has 102 valence electrons. The van der Waals surface area contributed by atoms with Gasteiger partial charge in [-0.2, -0.15) is 13.2 Å². The Labute approximate surface area is 116 Å². The van der Waals surface area contributed by atoms with Crippen LogP contribution in [0.5, 0.6) is 0 Å². The molecule has 0 aliphatic heterocycles. The van der Waals surface area contributed by atoms with Crippen molar-refractivity contribution < 1.29 is 13.2 Å². The second kappa shape index (κ2) is 4.45. The van der Waals surface area contributed by atoms with Crippen molar-refractivity contribution in [3.8, 4) is 11.3 Å².